The minimum absolute atomic E-state index is 0.0734. The van der Waals surface area contributed by atoms with Crippen molar-refractivity contribution in [1.82, 2.24) is 0 Å². The smallest absolute Gasteiger partial charge is 0.230 e. The summed E-state index contributed by atoms with van der Waals surface area (Å²) in [6, 6.07) is 7.88. The Morgan fingerprint density at radius 1 is 1.19 bits per heavy atom. The third kappa shape index (κ3) is 1.41. The van der Waals surface area contributed by atoms with E-state index in [0.29, 0.717) is 0 Å². The Bertz CT molecular complexity index is 530. The molecule has 0 radical (unpaired) electrons. The van der Waals surface area contributed by atoms with Crippen molar-refractivity contribution in [3.05, 3.63) is 54.1 Å². The molecule has 3 unspecified atom stereocenters. The molecule has 16 heavy (non-hydrogen) atoms. The van der Waals surface area contributed by atoms with Crippen LogP contribution in [-0.2, 0) is 9.09 Å². The highest BCUT2D eigenvalue weighted by molar-refractivity contribution is 7.66. The summed E-state index contributed by atoms with van der Waals surface area (Å²) >= 11 is 0. The summed E-state index contributed by atoms with van der Waals surface area (Å²) in [5.41, 5.74) is 1.14. The number of rotatable bonds is 0. The Balaban J connectivity index is 2.21. The van der Waals surface area contributed by atoms with E-state index in [-0.39, 0.29) is 12.0 Å². The molecule has 0 amide bonds. The molecule has 2 aliphatic rings. The largest absolute Gasteiger partial charge is 0.317 e. The van der Waals surface area contributed by atoms with E-state index in [4.69, 9.17) is 4.52 Å². The van der Waals surface area contributed by atoms with E-state index in [9.17, 15) is 4.57 Å². The first-order valence-electron chi connectivity index (χ1n) is 5.39. The Labute approximate surface area is 95.1 Å². The summed E-state index contributed by atoms with van der Waals surface area (Å²) in [6.45, 7) is 1.70. The Morgan fingerprint density at radius 2 is 1.94 bits per heavy atom. The van der Waals surface area contributed by atoms with Crippen LogP contribution in [-0.4, -0.2) is 12.8 Å². The van der Waals surface area contributed by atoms with Crippen molar-refractivity contribution < 1.29 is 9.09 Å². The fraction of sp³-hybridized carbons (Fsp3) is 0.231. The zero-order valence-electron chi connectivity index (χ0n) is 9.04. The van der Waals surface area contributed by atoms with Crippen molar-refractivity contribution in [2.45, 2.75) is 12.0 Å². The fourth-order valence-corrected chi connectivity index (χ4v) is 4.23. The maximum absolute atomic E-state index is 12.4. The number of allylic oxidation sites excluding steroid dienone is 2. The van der Waals surface area contributed by atoms with Crippen LogP contribution in [0, 0.1) is 0 Å². The first-order valence-corrected chi connectivity index (χ1v) is 7.46. The minimum Gasteiger partial charge on any atom is -0.317 e. The summed E-state index contributed by atoms with van der Waals surface area (Å²) < 4.78 is 18.2. The van der Waals surface area contributed by atoms with Gasteiger partial charge in [-0.05, 0) is 11.6 Å². The molecule has 0 N–H and O–H groups in total. The van der Waals surface area contributed by atoms with E-state index in [1.54, 1.807) is 6.66 Å². The summed E-state index contributed by atoms with van der Waals surface area (Å²) in [6.07, 6.45) is 8.00. The van der Waals surface area contributed by atoms with Crippen molar-refractivity contribution in [1.29, 1.82) is 0 Å². The zero-order valence-corrected chi connectivity index (χ0v) is 9.93. The monoisotopic (exact) mass is 232 g/mol. The van der Waals surface area contributed by atoms with Gasteiger partial charge < -0.3 is 4.52 Å². The highest BCUT2D eigenvalue weighted by Gasteiger charge is 2.37. The maximum atomic E-state index is 12.4. The lowest BCUT2D eigenvalue weighted by atomic mass is 9.90. The van der Waals surface area contributed by atoms with E-state index in [0.717, 1.165) is 10.9 Å². The SMILES string of the molecule is CP1(=O)OC2C=CC=CC2c2ccccc21. The second kappa shape index (κ2) is 3.44. The van der Waals surface area contributed by atoms with Crippen molar-refractivity contribution >= 4 is 12.7 Å². The van der Waals surface area contributed by atoms with Gasteiger partial charge in [-0.25, -0.2) is 0 Å². The quantitative estimate of drug-likeness (QED) is 0.643. The lowest BCUT2D eigenvalue weighted by Gasteiger charge is -2.35. The third-order valence-corrected chi connectivity index (χ3v) is 5.07. The van der Waals surface area contributed by atoms with Crippen LogP contribution in [0.3, 0.4) is 0 Å². The van der Waals surface area contributed by atoms with E-state index in [1.165, 1.54) is 0 Å². The minimum atomic E-state index is -2.65. The molecule has 3 heteroatoms. The molecule has 1 aliphatic heterocycles. The molecule has 0 saturated heterocycles. The molecule has 0 saturated carbocycles. The molecule has 0 fully saturated rings. The van der Waals surface area contributed by atoms with Gasteiger partial charge in [-0.3, -0.25) is 4.57 Å². The lowest BCUT2D eigenvalue weighted by molar-refractivity contribution is 0.234. The standard InChI is InChI=1S/C13H13O2P/c1-16(14)13-9-5-3-7-11(13)10-6-2-4-8-12(10)15-16/h2-10,12H,1H3. The van der Waals surface area contributed by atoms with E-state index >= 15 is 0 Å². The predicted molar refractivity (Wildman–Crippen MR) is 65.5 cm³/mol. The lowest BCUT2D eigenvalue weighted by Crippen LogP contribution is -2.31. The van der Waals surface area contributed by atoms with Crippen LogP contribution in [0.4, 0.5) is 0 Å². The van der Waals surface area contributed by atoms with Gasteiger partial charge in [0.1, 0.15) is 0 Å². The Morgan fingerprint density at radius 3 is 2.81 bits per heavy atom. The molecule has 0 aromatic heterocycles. The molecule has 1 aromatic carbocycles. The van der Waals surface area contributed by atoms with Gasteiger partial charge in [0, 0.05) is 17.9 Å². The van der Waals surface area contributed by atoms with Crippen LogP contribution in [0.2, 0.25) is 0 Å². The molecule has 2 nitrogen and oxygen atoms in total. The van der Waals surface area contributed by atoms with Crippen LogP contribution in [0.1, 0.15) is 11.5 Å². The van der Waals surface area contributed by atoms with Crippen LogP contribution < -0.4 is 5.30 Å². The molecule has 82 valence electrons. The molecule has 0 spiro atoms. The van der Waals surface area contributed by atoms with Crippen LogP contribution in [0.5, 0.6) is 0 Å². The highest BCUT2D eigenvalue weighted by atomic mass is 31.2. The van der Waals surface area contributed by atoms with Gasteiger partial charge in [-0.2, -0.15) is 0 Å². The molecule has 3 rings (SSSR count). The van der Waals surface area contributed by atoms with Gasteiger partial charge in [0.2, 0.25) is 7.37 Å². The molecule has 1 aliphatic carbocycles. The molecule has 0 bridgehead atoms. The average Bonchev–Trinajstić information content (AvgIpc) is 2.29. The second-order valence-corrected chi connectivity index (χ2v) is 6.65. The zero-order chi connectivity index (χ0) is 11.2. The summed E-state index contributed by atoms with van der Waals surface area (Å²) in [7, 11) is -2.65. The van der Waals surface area contributed by atoms with Gasteiger partial charge in [-0.15, -0.1) is 0 Å². The van der Waals surface area contributed by atoms with E-state index in [1.807, 2.05) is 36.4 Å². The number of benzene rings is 1. The average molecular weight is 232 g/mol. The molecule has 1 heterocycles. The van der Waals surface area contributed by atoms with Crippen molar-refractivity contribution in [2.75, 3.05) is 6.66 Å². The van der Waals surface area contributed by atoms with Crippen LogP contribution >= 0.6 is 7.37 Å². The second-order valence-electron chi connectivity index (χ2n) is 4.27. The third-order valence-electron chi connectivity index (χ3n) is 3.14. The first kappa shape index (κ1) is 10.1. The normalized spacial score (nSPS) is 35.6. The van der Waals surface area contributed by atoms with Gasteiger partial charge in [0.15, 0.2) is 0 Å². The van der Waals surface area contributed by atoms with Crippen molar-refractivity contribution in [3.63, 3.8) is 0 Å². The van der Waals surface area contributed by atoms with Crippen molar-refractivity contribution in [3.8, 4) is 0 Å². The van der Waals surface area contributed by atoms with Gasteiger partial charge in [0.05, 0.1) is 6.10 Å². The van der Waals surface area contributed by atoms with E-state index in [2.05, 4.69) is 12.1 Å². The van der Waals surface area contributed by atoms with Gasteiger partial charge in [-0.1, -0.05) is 42.5 Å². The summed E-state index contributed by atoms with van der Waals surface area (Å²) in [5.74, 6) is 0.211. The van der Waals surface area contributed by atoms with Gasteiger partial charge >= 0.3 is 0 Å². The predicted octanol–water partition coefficient (Wildman–Crippen LogP) is 2.83. The number of hydrogen-bond donors (Lipinski definition) is 0. The number of fused-ring (bicyclic) bond motifs is 3. The first-order chi connectivity index (χ1) is 7.68. The maximum Gasteiger partial charge on any atom is 0.230 e. The Kier molecular flexibility index (Phi) is 2.17. The van der Waals surface area contributed by atoms with E-state index < -0.39 is 7.37 Å². The van der Waals surface area contributed by atoms with Crippen molar-refractivity contribution in [2.24, 2.45) is 0 Å². The molecular formula is C13H13O2P. The fourth-order valence-electron chi connectivity index (χ4n) is 2.40. The number of hydrogen-bond acceptors (Lipinski definition) is 2. The van der Waals surface area contributed by atoms with Crippen LogP contribution in [0.25, 0.3) is 0 Å². The molecule has 1 aromatic rings. The summed E-state index contributed by atoms with van der Waals surface area (Å²) in [4.78, 5) is 0. The highest BCUT2D eigenvalue weighted by Crippen LogP contribution is 2.51. The molecule has 3 atom stereocenters. The summed E-state index contributed by atoms with van der Waals surface area (Å²) in [5, 5.41) is 0.871. The Hall–Kier alpha value is -1.11. The molecular weight excluding hydrogens is 219 g/mol. The topological polar surface area (TPSA) is 26.3 Å². The van der Waals surface area contributed by atoms with Gasteiger partial charge in [0.25, 0.3) is 0 Å². The van der Waals surface area contributed by atoms with Crippen LogP contribution in [0.15, 0.2) is 48.6 Å².